The van der Waals surface area contributed by atoms with E-state index >= 15 is 0 Å². The number of amides is 2. The normalized spacial score (nSPS) is 18.7. The molecule has 1 aliphatic rings. The maximum Gasteiger partial charge on any atom is 0.254 e. The van der Waals surface area contributed by atoms with Crippen LogP contribution < -0.4 is 5.73 Å². The van der Waals surface area contributed by atoms with Gasteiger partial charge in [0.05, 0.1) is 13.2 Å². The highest BCUT2D eigenvalue weighted by atomic mass is 16.5. The number of carbonyl (C=O) groups excluding carboxylic acids is 2. The van der Waals surface area contributed by atoms with E-state index in [1.165, 1.54) is 0 Å². The molecule has 2 amide bonds. The average molecular weight is 402 g/mol. The van der Waals surface area contributed by atoms with E-state index in [9.17, 15) is 9.59 Å². The number of hydrogen-bond acceptors (Lipinski definition) is 5. The molecule has 2 aromatic heterocycles. The molecule has 4 rings (SSSR count). The number of morpholine rings is 1. The zero-order valence-electron chi connectivity index (χ0n) is 16.4. The molecule has 7 nitrogen and oxygen atoms in total. The molecule has 0 spiro atoms. The Morgan fingerprint density at radius 3 is 2.40 bits per heavy atom. The molecular formula is C23H22N4O3. The second-order valence-corrected chi connectivity index (χ2v) is 7.28. The number of rotatable bonds is 5. The van der Waals surface area contributed by atoms with Crippen molar-refractivity contribution in [1.29, 1.82) is 0 Å². The molecule has 1 fully saturated rings. The van der Waals surface area contributed by atoms with Gasteiger partial charge in [-0.15, -0.1) is 0 Å². The fourth-order valence-corrected chi connectivity index (χ4v) is 3.71. The minimum atomic E-state index is -1.28. The van der Waals surface area contributed by atoms with E-state index in [4.69, 9.17) is 10.5 Å². The summed E-state index contributed by atoms with van der Waals surface area (Å²) in [7, 11) is 0. The van der Waals surface area contributed by atoms with Crippen LogP contribution in [0.15, 0.2) is 73.3 Å². The third-order valence-corrected chi connectivity index (χ3v) is 5.28. The Morgan fingerprint density at radius 2 is 1.70 bits per heavy atom. The third-order valence-electron chi connectivity index (χ3n) is 5.28. The van der Waals surface area contributed by atoms with Crippen molar-refractivity contribution in [2.45, 2.75) is 12.0 Å². The molecule has 7 heteroatoms. The summed E-state index contributed by atoms with van der Waals surface area (Å²) < 4.78 is 5.90. The van der Waals surface area contributed by atoms with Gasteiger partial charge < -0.3 is 15.4 Å². The number of carbonyl (C=O) groups is 2. The number of pyridine rings is 2. The van der Waals surface area contributed by atoms with Crippen LogP contribution in [-0.2, 0) is 16.0 Å². The summed E-state index contributed by atoms with van der Waals surface area (Å²) in [5, 5.41) is 0. The topological polar surface area (TPSA) is 98.4 Å². The number of primary amides is 1. The lowest BCUT2D eigenvalue weighted by molar-refractivity contribution is -0.153. The van der Waals surface area contributed by atoms with Crippen LogP contribution in [0.3, 0.4) is 0 Å². The zero-order valence-corrected chi connectivity index (χ0v) is 16.4. The molecule has 0 bridgehead atoms. The first-order valence-electron chi connectivity index (χ1n) is 9.70. The van der Waals surface area contributed by atoms with Crippen molar-refractivity contribution in [3.8, 4) is 11.1 Å². The minimum Gasteiger partial charge on any atom is -0.367 e. The summed E-state index contributed by atoms with van der Waals surface area (Å²) in [6.07, 6.45) is 6.89. The van der Waals surface area contributed by atoms with E-state index in [2.05, 4.69) is 9.97 Å². The molecule has 0 saturated carbocycles. The highest BCUT2D eigenvalue weighted by Crippen LogP contribution is 2.27. The molecule has 1 aromatic carbocycles. The molecule has 3 heterocycles. The lowest BCUT2D eigenvalue weighted by Crippen LogP contribution is -2.61. The number of benzene rings is 1. The summed E-state index contributed by atoms with van der Waals surface area (Å²) in [5.41, 5.74) is 7.96. The molecule has 3 aromatic rings. The van der Waals surface area contributed by atoms with Crippen LogP contribution in [0.25, 0.3) is 11.1 Å². The molecule has 0 unspecified atom stereocenters. The smallest absolute Gasteiger partial charge is 0.254 e. The van der Waals surface area contributed by atoms with E-state index in [1.54, 1.807) is 41.8 Å². The Hall–Kier alpha value is -3.58. The number of nitrogens with two attached hydrogens (primary N) is 1. The van der Waals surface area contributed by atoms with E-state index in [0.717, 1.165) is 16.7 Å². The molecule has 0 aliphatic carbocycles. The minimum absolute atomic E-state index is 0.100. The Balaban J connectivity index is 1.59. The van der Waals surface area contributed by atoms with Gasteiger partial charge in [-0.2, -0.15) is 0 Å². The first kappa shape index (κ1) is 19.7. The molecule has 1 atom stereocenters. The van der Waals surface area contributed by atoms with Gasteiger partial charge in [-0.1, -0.05) is 24.3 Å². The quantitative estimate of drug-likeness (QED) is 0.705. The van der Waals surface area contributed by atoms with Crippen molar-refractivity contribution < 1.29 is 14.3 Å². The van der Waals surface area contributed by atoms with Gasteiger partial charge in [-0.05, 0) is 41.0 Å². The van der Waals surface area contributed by atoms with Crippen LogP contribution in [0.4, 0.5) is 0 Å². The van der Waals surface area contributed by atoms with Gasteiger partial charge in [0.25, 0.3) is 11.8 Å². The molecular weight excluding hydrogens is 380 g/mol. The van der Waals surface area contributed by atoms with Crippen LogP contribution in [0.1, 0.15) is 15.9 Å². The lowest BCUT2D eigenvalue weighted by Gasteiger charge is -2.40. The Morgan fingerprint density at radius 1 is 1.00 bits per heavy atom. The first-order chi connectivity index (χ1) is 14.6. The van der Waals surface area contributed by atoms with Crippen molar-refractivity contribution in [1.82, 2.24) is 14.9 Å². The highest BCUT2D eigenvalue weighted by molar-refractivity contribution is 5.95. The van der Waals surface area contributed by atoms with Gasteiger partial charge in [0, 0.05) is 43.3 Å². The molecule has 1 aliphatic heterocycles. The van der Waals surface area contributed by atoms with Gasteiger partial charge in [0.15, 0.2) is 5.60 Å². The molecule has 1 saturated heterocycles. The van der Waals surface area contributed by atoms with Gasteiger partial charge in [-0.3, -0.25) is 19.6 Å². The molecule has 30 heavy (non-hydrogen) atoms. The Kier molecular flexibility index (Phi) is 5.54. The highest BCUT2D eigenvalue weighted by Gasteiger charge is 2.44. The lowest BCUT2D eigenvalue weighted by atomic mass is 9.90. The maximum atomic E-state index is 12.9. The fourth-order valence-electron chi connectivity index (χ4n) is 3.71. The maximum absolute atomic E-state index is 12.9. The summed E-state index contributed by atoms with van der Waals surface area (Å²) in [6.45, 7) is 0.736. The standard InChI is InChI=1S/C23H22N4O3/c24-22(29)23(15-17-2-1-3-20(14-17)18-4-8-25-9-5-18)16-27(12-13-30-23)21(28)19-6-10-26-11-7-19/h1-11,14H,12-13,15-16H2,(H2,24,29)/t23-/m0/s1. The number of ether oxygens (including phenoxy) is 1. The van der Waals surface area contributed by atoms with Gasteiger partial charge in [0.1, 0.15) is 0 Å². The second-order valence-electron chi connectivity index (χ2n) is 7.28. The predicted molar refractivity (Wildman–Crippen MR) is 111 cm³/mol. The van der Waals surface area contributed by atoms with E-state index < -0.39 is 11.5 Å². The van der Waals surface area contributed by atoms with Crippen LogP contribution in [0.5, 0.6) is 0 Å². The van der Waals surface area contributed by atoms with Crippen molar-refractivity contribution in [3.63, 3.8) is 0 Å². The van der Waals surface area contributed by atoms with E-state index in [1.807, 2.05) is 36.4 Å². The largest absolute Gasteiger partial charge is 0.367 e. The van der Waals surface area contributed by atoms with Gasteiger partial charge >= 0.3 is 0 Å². The molecule has 0 radical (unpaired) electrons. The zero-order chi connectivity index (χ0) is 21.0. The SMILES string of the molecule is NC(=O)[C@]1(Cc2cccc(-c3ccncc3)c2)CN(C(=O)c2ccncc2)CCO1. The van der Waals surface area contributed by atoms with Crippen molar-refractivity contribution in [2.24, 2.45) is 5.73 Å². The summed E-state index contributed by atoms with van der Waals surface area (Å²) in [5.74, 6) is -0.749. The average Bonchev–Trinajstić information content (AvgIpc) is 2.80. The van der Waals surface area contributed by atoms with Crippen LogP contribution in [-0.4, -0.2) is 52.0 Å². The number of aromatic nitrogens is 2. The third kappa shape index (κ3) is 4.06. The fraction of sp³-hybridized carbons (Fsp3) is 0.217. The molecule has 2 N–H and O–H groups in total. The summed E-state index contributed by atoms with van der Waals surface area (Å²) >= 11 is 0. The van der Waals surface area contributed by atoms with Crippen molar-refractivity contribution in [2.75, 3.05) is 19.7 Å². The predicted octanol–water partition coefficient (Wildman–Crippen LogP) is 2.08. The Bertz CT molecular complexity index is 1040. The van der Waals surface area contributed by atoms with Crippen molar-refractivity contribution >= 4 is 11.8 Å². The number of nitrogens with zero attached hydrogens (tertiary/aromatic N) is 3. The van der Waals surface area contributed by atoms with Crippen LogP contribution >= 0.6 is 0 Å². The number of hydrogen-bond donors (Lipinski definition) is 1. The van der Waals surface area contributed by atoms with Crippen LogP contribution in [0.2, 0.25) is 0 Å². The van der Waals surface area contributed by atoms with E-state index in [-0.39, 0.29) is 25.5 Å². The van der Waals surface area contributed by atoms with E-state index in [0.29, 0.717) is 12.1 Å². The Labute approximate surface area is 174 Å². The van der Waals surface area contributed by atoms with Crippen molar-refractivity contribution in [3.05, 3.63) is 84.4 Å². The summed E-state index contributed by atoms with van der Waals surface area (Å²) in [6, 6.07) is 15.0. The molecule has 152 valence electrons. The van der Waals surface area contributed by atoms with Gasteiger partial charge in [0.2, 0.25) is 0 Å². The van der Waals surface area contributed by atoms with Crippen LogP contribution in [0, 0.1) is 0 Å². The first-order valence-corrected chi connectivity index (χ1v) is 9.70. The monoisotopic (exact) mass is 402 g/mol. The van der Waals surface area contributed by atoms with Gasteiger partial charge in [-0.25, -0.2) is 0 Å². The summed E-state index contributed by atoms with van der Waals surface area (Å²) in [4.78, 5) is 35.0. The second kappa shape index (κ2) is 8.42.